The van der Waals surface area contributed by atoms with E-state index >= 15 is 0 Å². The second kappa shape index (κ2) is 27.9. The summed E-state index contributed by atoms with van der Waals surface area (Å²) in [7, 11) is -5.12. The number of hydrogen-bond donors (Lipinski definition) is 2. The SMILES string of the molecule is CCN(CC)CC.CCS(=O)(=O)C(=CN(C)C)C(=O)c1nnc(C(F)(F)C(F)(F)C(F)(F)C(F)(F)F)n1C.CCS(=O)(=O)c1cnc(-c2ncccn2)nc1-c1nnc(C(F)(F)C(F)(F)C(F)(F)C(F)(F)F)n1C.Cl.N=C(N)c1ncccn1. The van der Waals surface area contributed by atoms with Crippen molar-refractivity contribution in [3.05, 3.63) is 77.5 Å². The van der Waals surface area contributed by atoms with Gasteiger partial charge in [-0.3, -0.25) is 10.2 Å². The molecular weight excluding hydrogens is 1250 g/mol. The zero-order chi connectivity index (χ0) is 64.5. The molecule has 5 aromatic rings. The topological polar surface area (TPSA) is 280 Å². The third-order valence-corrected chi connectivity index (χ3v) is 14.2. The van der Waals surface area contributed by atoms with E-state index < -0.39 is 124 Å². The van der Waals surface area contributed by atoms with Gasteiger partial charge >= 0.3 is 47.9 Å². The van der Waals surface area contributed by atoms with Crippen LogP contribution in [0.3, 0.4) is 0 Å². The van der Waals surface area contributed by atoms with Crippen molar-refractivity contribution in [1.82, 2.24) is 69.2 Å². The van der Waals surface area contributed by atoms with Crippen LogP contribution < -0.4 is 5.73 Å². The zero-order valence-electron chi connectivity index (χ0n) is 44.6. The van der Waals surface area contributed by atoms with Crippen molar-refractivity contribution < 1.29 is 101 Å². The van der Waals surface area contributed by atoms with Crippen molar-refractivity contribution >= 4 is 43.7 Å². The van der Waals surface area contributed by atoms with Crippen LogP contribution in [0.1, 0.15) is 62.7 Å². The maximum atomic E-state index is 14.5. The molecule has 84 heavy (non-hydrogen) atoms. The molecule has 0 aliphatic rings. The molecule has 0 aliphatic carbocycles. The Kier molecular flexibility index (Phi) is 24.9. The number of alkyl halides is 18. The summed E-state index contributed by atoms with van der Waals surface area (Å²) in [6, 6.07) is 3.07. The summed E-state index contributed by atoms with van der Waals surface area (Å²) < 4.78 is 288. The number of allylic oxidation sites excluding steroid dienone is 1. The van der Waals surface area contributed by atoms with Gasteiger partial charge in [0.05, 0.1) is 17.7 Å². The van der Waals surface area contributed by atoms with Crippen LogP contribution in [0.15, 0.2) is 59.1 Å². The molecule has 0 atom stereocenters. The van der Waals surface area contributed by atoms with Crippen LogP contribution in [-0.2, 0) is 45.6 Å². The number of halogens is 19. The number of nitrogens with zero attached hydrogens (tertiary/aromatic N) is 14. The highest BCUT2D eigenvalue weighted by molar-refractivity contribution is 7.96. The van der Waals surface area contributed by atoms with Gasteiger partial charge in [0, 0.05) is 59.2 Å². The van der Waals surface area contributed by atoms with Gasteiger partial charge in [0.2, 0.25) is 23.3 Å². The van der Waals surface area contributed by atoms with Crippen LogP contribution >= 0.6 is 12.4 Å². The van der Waals surface area contributed by atoms with Crippen LogP contribution in [-0.4, -0.2) is 179 Å². The number of amidine groups is 1. The average Bonchev–Trinajstić information content (AvgIpc) is 4.14. The average molecular weight is 1300 g/mol. The van der Waals surface area contributed by atoms with Crippen LogP contribution in [0.2, 0.25) is 0 Å². The number of sulfone groups is 2. The first-order chi connectivity index (χ1) is 37.7. The summed E-state index contributed by atoms with van der Waals surface area (Å²) >= 11 is 0. The minimum atomic E-state index is -7.18. The second-order valence-corrected chi connectivity index (χ2v) is 20.9. The predicted molar refractivity (Wildman–Crippen MR) is 261 cm³/mol. The molecule has 5 heterocycles. The molecule has 0 aromatic carbocycles. The van der Waals surface area contributed by atoms with E-state index in [4.69, 9.17) is 11.1 Å². The summed E-state index contributed by atoms with van der Waals surface area (Å²) in [6.45, 7) is 12.4. The number of aromatic nitrogens is 12. The Morgan fingerprint density at radius 1 is 0.607 bits per heavy atom. The first kappa shape index (κ1) is 75.1. The Morgan fingerprint density at radius 3 is 1.38 bits per heavy atom. The molecule has 5 rings (SSSR count). The van der Waals surface area contributed by atoms with Gasteiger partial charge in [-0.05, 0) is 31.8 Å². The fourth-order valence-electron chi connectivity index (χ4n) is 5.97. The van der Waals surface area contributed by atoms with Crippen LogP contribution in [0.4, 0.5) is 79.0 Å². The first-order valence-corrected chi connectivity index (χ1v) is 26.1. The third-order valence-electron chi connectivity index (χ3n) is 10.7. The fraction of sp³-hybridized carbons (Fsp3) is 0.524. The zero-order valence-corrected chi connectivity index (χ0v) is 47.0. The number of Topliss-reactive ketones (excluding diaryl/α,β-unsaturated/α-hetero) is 1. The fourth-order valence-corrected chi connectivity index (χ4v) is 7.98. The lowest BCUT2D eigenvalue weighted by molar-refractivity contribution is -0.401. The van der Waals surface area contributed by atoms with Gasteiger partial charge in [0.25, 0.3) is 0 Å². The van der Waals surface area contributed by atoms with E-state index in [1.807, 2.05) is 0 Å². The Morgan fingerprint density at radius 2 is 1.02 bits per heavy atom. The number of rotatable bonds is 19. The van der Waals surface area contributed by atoms with Crippen LogP contribution in [0.25, 0.3) is 23.2 Å². The van der Waals surface area contributed by atoms with Crippen LogP contribution in [0, 0.1) is 5.41 Å². The van der Waals surface area contributed by atoms with Crippen molar-refractivity contribution in [1.29, 1.82) is 5.41 Å². The summed E-state index contributed by atoms with van der Waals surface area (Å²) in [5, 5.41) is 18.0. The van der Waals surface area contributed by atoms with E-state index in [1.54, 1.807) is 18.5 Å². The summed E-state index contributed by atoms with van der Waals surface area (Å²) in [5.74, 6) is -51.2. The van der Waals surface area contributed by atoms with E-state index in [0.717, 1.165) is 18.0 Å². The van der Waals surface area contributed by atoms with Crippen molar-refractivity contribution in [2.45, 2.75) is 87.4 Å². The molecule has 0 fully saturated rings. The molecule has 21 nitrogen and oxygen atoms in total. The Labute approximate surface area is 471 Å². The smallest absolute Gasteiger partial charge is 0.382 e. The normalized spacial score (nSPS) is 13.1. The number of ketones is 1. The highest BCUT2D eigenvalue weighted by atomic mass is 35.5. The Balaban J connectivity index is 0.000000661. The molecule has 0 saturated heterocycles. The maximum Gasteiger partial charge on any atom is 0.460 e. The van der Waals surface area contributed by atoms with Crippen LogP contribution in [0.5, 0.6) is 0 Å². The summed E-state index contributed by atoms with van der Waals surface area (Å²) in [6.07, 6.45) is -7.06. The molecule has 0 radical (unpaired) electrons. The maximum absolute atomic E-state index is 14.5. The second-order valence-electron chi connectivity index (χ2n) is 16.4. The molecule has 42 heteroatoms. The standard InChI is InChI=1S/C17H12F9N7O2S.C14H15F9N4O3S.C6H15N.C5H6N4.ClH/c1-3-36(34,35)8-7-29-11(10-27-5-4-6-28-10)30-9(8)12-31-32-13(33(12)2)14(18,19)15(20,21)16(22,23)17(24,25)26;1-5-31(29,30)7(6-26(2)3)8(28)9-24-25-10(27(9)4)11(15,16)12(17,18)13(19,20)14(21,22)23;1-4-7(5-2)6-3;6-4(7)5-8-2-1-3-9-5;/h4-7H,3H2,1-2H3;6H,5H2,1-4H3;4-6H2,1-3H3;1-3H,(H3,6,7);1H. The third kappa shape index (κ3) is 15.7. The van der Waals surface area contributed by atoms with Crippen molar-refractivity contribution in [3.8, 4) is 23.2 Å². The number of hydrogen-bond acceptors (Lipinski definition) is 18. The largest absolute Gasteiger partial charge is 0.460 e. The predicted octanol–water partition coefficient (Wildman–Crippen LogP) is 7.74. The lowest BCUT2D eigenvalue weighted by atomic mass is 10.0. The molecule has 0 unspecified atom stereocenters. The lowest BCUT2D eigenvalue weighted by Crippen LogP contribution is -2.60. The molecule has 0 amide bonds. The summed E-state index contributed by atoms with van der Waals surface area (Å²) in [5.41, 5.74) is 4.28. The molecule has 0 spiro atoms. The molecule has 0 bridgehead atoms. The van der Waals surface area contributed by atoms with E-state index in [1.165, 1.54) is 59.1 Å². The van der Waals surface area contributed by atoms with Gasteiger partial charge in [0.15, 0.2) is 48.8 Å². The minimum absolute atomic E-state index is 0. The molecule has 0 saturated carbocycles. The van der Waals surface area contributed by atoms with E-state index in [0.29, 0.717) is 20.3 Å². The van der Waals surface area contributed by atoms with Gasteiger partial charge in [-0.2, -0.15) is 79.0 Å². The monoisotopic (exact) mass is 1300 g/mol. The number of nitrogens with two attached hydrogens (primary N) is 1. The molecular formula is C42H49ClF18N16O5S2. The van der Waals surface area contributed by atoms with Gasteiger partial charge < -0.3 is 24.7 Å². The number of carbonyl (C=O) groups is 1. The molecule has 5 aromatic heterocycles. The highest BCUT2D eigenvalue weighted by Gasteiger charge is 2.84. The molecule has 3 N–H and O–H groups in total. The van der Waals surface area contributed by atoms with Crippen molar-refractivity contribution in [3.63, 3.8) is 0 Å². The summed E-state index contributed by atoms with van der Waals surface area (Å²) in [4.78, 5) is 36.8. The number of nitrogen functional groups attached to an aromatic ring is 1. The van der Waals surface area contributed by atoms with E-state index in [2.05, 4.69) is 76.0 Å². The van der Waals surface area contributed by atoms with Crippen molar-refractivity contribution in [2.24, 2.45) is 19.8 Å². The van der Waals surface area contributed by atoms with Gasteiger partial charge in [-0.1, -0.05) is 34.6 Å². The quantitative estimate of drug-likeness (QED) is 0.0263. The number of carbonyl (C=O) groups excluding carboxylic acids is 1. The van der Waals surface area contributed by atoms with Crippen molar-refractivity contribution in [2.75, 3.05) is 45.2 Å². The Hall–Kier alpha value is -6.91. The van der Waals surface area contributed by atoms with Gasteiger partial charge in [-0.15, -0.1) is 32.8 Å². The van der Waals surface area contributed by atoms with E-state index in [-0.39, 0.29) is 44.9 Å². The first-order valence-electron chi connectivity index (χ1n) is 22.8. The lowest BCUT2D eigenvalue weighted by Gasteiger charge is -2.32. The Bertz CT molecular complexity index is 3270. The molecule has 472 valence electrons. The van der Waals surface area contributed by atoms with Gasteiger partial charge in [0.1, 0.15) is 15.5 Å². The number of nitrogens with one attached hydrogen (secondary N) is 1. The van der Waals surface area contributed by atoms with Gasteiger partial charge in [-0.25, -0.2) is 46.7 Å². The highest BCUT2D eigenvalue weighted by Crippen LogP contribution is 2.58. The minimum Gasteiger partial charge on any atom is -0.382 e. The van der Waals surface area contributed by atoms with E-state index in [9.17, 15) is 101 Å². The molecule has 0 aliphatic heterocycles.